The van der Waals surface area contributed by atoms with Gasteiger partial charge in [0, 0.05) is 6.04 Å². The van der Waals surface area contributed by atoms with Crippen LogP contribution in [-0.4, -0.2) is 37.5 Å². The molecule has 4 heteroatoms. The molecular formula is C12H23N3O. The molecule has 0 saturated heterocycles. The van der Waals surface area contributed by atoms with Crippen LogP contribution in [0.2, 0.25) is 0 Å². The molecule has 0 aliphatic carbocycles. The molecule has 0 bridgehead atoms. The van der Waals surface area contributed by atoms with E-state index < -0.39 is 5.92 Å². The number of rotatable bonds is 7. The van der Waals surface area contributed by atoms with E-state index in [2.05, 4.69) is 16.3 Å². The van der Waals surface area contributed by atoms with E-state index in [1.807, 2.05) is 27.9 Å². The second-order valence-electron chi connectivity index (χ2n) is 4.47. The monoisotopic (exact) mass is 225 g/mol. The molecule has 0 aromatic carbocycles. The van der Waals surface area contributed by atoms with Crippen molar-refractivity contribution in [2.24, 2.45) is 5.92 Å². The van der Waals surface area contributed by atoms with Gasteiger partial charge in [0.2, 0.25) is 5.91 Å². The van der Waals surface area contributed by atoms with Gasteiger partial charge in [-0.2, -0.15) is 5.26 Å². The summed E-state index contributed by atoms with van der Waals surface area (Å²) in [5, 5.41) is 11.7. The maximum absolute atomic E-state index is 11.7. The van der Waals surface area contributed by atoms with E-state index >= 15 is 0 Å². The third kappa shape index (κ3) is 6.41. The summed E-state index contributed by atoms with van der Waals surface area (Å²) >= 11 is 0. The van der Waals surface area contributed by atoms with Crippen LogP contribution in [0, 0.1) is 17.2 Å². The lowest BCUT2D eigenvalue weighted by Gasteiger charge is -2.18. The van der Waals surface area contributed by atoms with Crippen LogP contribution in [0.1, 0.15) is 33.1 Å². The number of hydrogen-bond donors (Lipinski definition) is 1. The van der Waals surface area contributed by atoms with Gasteiger partial charge in [-0.05, 0) is 40.4 Å². The Morgan fingerprint density at radius 3 is 2.50 bits per heavy atom. The first-order valence-electron chi connectivity index (χ1n) is 5.86. The second-order valence-corrected chi connectivity index (χ2v) is 4.47. The van der Waals surface area contributed by atoms with Crippen molar-refractivity contribution in [1.82, 2.24) is 10.2 Å². The first-order chi connectivity index (χ1) is 7.51. The van der Waals surface area contributed by atoms with Crippen LogP contribution in [0.3, 0.4) is 0 Å². The molecule has 0 aromatic heterocycles. The first-order valence-corrected chi connectivity index (χ1v) is 5.86. The van der Waals surface area contributed by atoms with Crippen molar-refractivity contribution in [3.05, 3.63) is 0 Å². The van der Waals surface area contributed by atoms with E-state index in [-0.39, 0.29) is 11.9 Å². The number of carbonyl (C=O) groups excluding carboxylic acids is 1. The Bertz CT molecular complexity index is 245. The molecule has 0 heterocycles. The fourth-order valence-electron chi connectivity index (χ4n) is 1.41. The number of carbonyl (C=O) groups is 1. The minimum absolute atomic E-state index is 0.127. The summed E-state index contributed by atoms with van der Waals surface area (Å²) in [5.41, 5.74) is 0. The van der Waals surface area contributed by atoms with E-state index in [0.29, 0.717) is 6.42 Å². The highest BCUT2D eigenvalue weighted by molar-refractivity contribution is 5.81. The zero-order chi connectivity index (χ0) is 12.6. The van der Waals surface area contributed by atoms with Crippen molar-refractivity contribution in [3.8, 4) is 6.07 Å². The van der Waals surface area contributed by atoms with Crippen molar-refractivity contribution < 1.29 is 4.79 Å². The molecular weight excluding hydrogens is 202 g/mol. The first kappa shape index (κ1) is 14.9. The van der Waals surface area contributed by atoms with Crippen molar-refractivity contribution >= 4 is 5.91 Å². The lowest BCUT2D eigenvalue weighted by atomic mass is 10.0. The minimum atomic E-state index is -0.494. The standard InChI is InChI=1S/C12H23N3O/c1-5-6-11(9-13)12(16)14-10(2)7-8-15(3)4/h10-11H,5-8H2,1-4H3,(H,14,16). The highest BCUT2D eigenvalue weighted by Crippen LogP contribution is 2.05. The van der Waals surface area contributed by atoms with Crippen molar-refractivity contribution in [2.45, 2.75) is 39.2 Å². The molecule has 92 valence electrons. The van der Waals surface area contributed by atoms with Gasteiger partial charge in [0.15, 0.2) is 0 Å². The highest BCUT2D eigenvalue weighted by atomic mass is 16.1. The summed E-state index contributed by atoms with van der Waals surface area (Å²) in [6.45, 7) is 4.89. The topological polar surface area (TPSA) is 56.1 Å². The number of nitriles is 1. The Balaban J connectivity index is 3.97. The van der Waals surface area contributed by atoms with Crippen LogP contribution in [0.4, 0.5) is 0 Å². The maximum atomic E-state index is 11.7. The Hall–Kier alpha value is -1.08. The van der Waals surface area contributed by atoms with E-state index in [1.54, 1.807) is 0 Å². The summed E-state index contributed by atoms with van der Waals surface area (Å²) in [5.74, 6) is -0.623. The molecule has 0 saturated carbocycles. The summed E-state index contributed by atoms with van der Waals surface area (Å²) in [6, 6.07) is 2.18. The molecule has 0 radical (unpaired) electrons. The second kappa shape index (κ2) is 8.12. The van der Waals surface area contributed by atoms with Crippen LogP contribution in [0.25, 0.3) is 0 Å². The predicted molar refractivity (Wildman–Crippen MR) is 64.8 cm³/mol. The molecule has 1 N–H and O–H groups in total. The molecule has 0 fully saturated rings. The number of nitrogens with zero attached hydrogens (tertiary/aromatic N) is 2. The van der Waals surface area contributed by atoms with E-state index in [1.165, 1.54) is 0 Å². The molecule has 16 heavy (non-hydrogen) atoms. The van der Waals surface area contributed by atoms with E-state index in [9.17, 15) is 4.79 Å². The van der Waals surface area contributed by atoms with Gasteiger partial charge < -0.3 is 10.2 Å². The van der Waals surface area contributed by atoms with Gasteiger partial charge >= 0.3 is 0 Å². The van der Waals surface area contributed by atoms with Gasteiger partial charge in [-0.1, -0.05) is 13.3 Å². The average Bonchev–Trinajstić information content (AvgIpc) is 2.22. The van der Waals surface area contributed by atoms with Gasteiger partial charge in [0.25, 0.3) is 0 Å². The molecule has 0 aliphatic rings. The van der Waals surface area contributed by atoms with E-state index in [4.69, 9.17) is 5.26 Å². The van der Waals surface area contributed by atoms with Gasteiger partial charge in [0.05, 0.1) is 6.07 Å². The van der Waals surface area contributed by atoms with Crippen LogP contribution in [0.15, 0.2) is 0 Å². The molecule has 0 aliphatic heterocycles. The SMILES string of the molecule is CCCC(C#N)C(=O)NC(C)CCN(C)C. The van der Waals surface area contributed by atoms with Crippen molar-refractivity contribution in [1.29, 1.82) is 5.26 Å². The van der Waals surface area contributed by atoms with Gasteiger partial charge in [-0.3, -0.25) is 4.79 Å². The highest BCUT2D eigenvalue weighted by Gasteiger charge is 2.18. The molecule has 4 nitrogen and oxygen atoms in total. The Morgan fingerprint density at radius 2 is 2.06 bits per heavy atom. The lowest BCUT2D eigenvalue weighted by molar-refractivity contribution is -0.124. The third-order valence-corrected chi connectivity index (χ3v) is 2.45. The van der Waals surface area contributed by atoms with Crippen molar-refractivity contribution in [2.75, 3.05) is 20.6 Å². The third-order valence-electron chi connectivity index (χ3n) is 2.45. The summed E-state index contributed by atoms with van der Waals surface area (Å²) in [7, 11) is 4.01. The van der Waals surface area contributed by atoms with Crippen LogP contribution < -0.4 is 5.32 Å². The molecule has 0 aromatic rings. The number of nitrogens with one attached hydrogen (secondary N) is 1. The zero-order valence-corrected chi connectivity index (χ0v) is 10.8. The summed E-state index contributed by atoms with van der Waals surface area (Å²) in [4.78, 5) is 13.8. The fraction of sp³-hybridized carbons (Fsp3) is 0.833. The quantitative estimate of drug-likeness (QED) is 0.712. The Labute approximate surface area is 98.6 Å². The summed E-state index contributed by atoms with van der Waals surface area (Å²) in [6.07, 6.45) is 2.41. The lowest BCUT2D eigenvalue weighted by Crippen LogP contribution is -2.38. The van der Waals surface area contributed by atoms with Crippen LogP contribution in [-0.2, 0) is 4.79 Å². The normalized spacial score (nSPS) is 14.2. The molecule has 2 unspecified atom stereocenters. The fourth-order valence-corrected chi connectivity index (χ4v) is 1.41. The molecule has 0 rings (SSSR count). The Morgan fingerprint density at radius 1 is 1.44 bits per heavy atom. The largest absolute Gasteiger partial charge is 0.352 e. The Kier molecular flexibility index (Phi) is 7.57. The molecule has 0 spiro atoms. The van der Waals surface area contributed by atoms with E-state index in [0.717, 1.165) is 19.4 Å². The predicted octanol–water partition coefficient (Wildman–Crippen LogP) is 1.38. The number of hydrogen-bond acceptors (Lipinski definition) is 3. The van der Waals surface area contributed by atoms with Gasteiger partial charge in [-0.15, -0.1) is 0 Å². The average molecular weight is 225 g/mol. The smallest absolute Gasteiger partial charge is 0.237 e. The van der Waals surface area contributed by atoms with Gasteiger partial charge in [0.1, 0.15) is 5.92 Å². The van der Waals surface area contributed by atoms with Crippen molar-refractivity contribution in [3.63, 3.8) is 0 Å². The summed E-state index contributed by atoms with van der Waals surface area (Å²) < 4.78 is 0. The number of amides is 1. The molecule has 2 atom stereocenters. The van der Waals surface area contributed by atoms with Crippen LogP contribution in [0.5, 0.6) is 0 Å². The maximum Gasteiger partial charge on any atom is 0.237 e. The molecule has 1 amide bonds. The minimum Gasteiger partial charge on any atom is -0.352 e. The van der Waals surface area contributed by atoms with Gasteiger partial charge in [-0.25, -0.2) is 0 Å². The van der Waals surface area contributed by atoms with Crippen LogP contribution >= 0.6 is 0 Å². The zero-order valence-electron chi connectivity index (χ0n) is 10.8.